The van der Waals surface area contributed by atoms with E-state index in [1.165, 1.54) is 23.5 Å². The molecule has 6 nitrogen and oxygen atoms in total. The fourth-order valence-electron chi connectivity index (χ4n) is 1.95. The largest absolute Gasteiger partial charge is 0.402 e. The van der Waals surface area contributed by atoms with Crippen molar-refractivity contribution in [3.05, 3.63) is 44.5 Å². The smallest absolute Gasteiger partial charge is 0.322 e. The fourth-order valence-corrected chi connectivity index (χ4v) is 3.32. The molecule has 2 aromatic heterocycles. The van der Waals surface area contributed by atoms with Gasteiger partial charge in [-0.1, -0.05) is 28.3 Å². The quantitative estimate of drug-likeness (QED) is 0.742. The van der Waals surface area contributed by atoms with Gasteiger partial charge in [0.1, 0.15) is 4.88 Å². The molecule has 9 heteroatoms. The van der Waals surface area contributed by atoms with E-state index in [4.69, 9.17) is 27.6 Å². The van der Waals surface area contributed by atoms with E-state index < -0.39 is 5.91 Å². The lowest BCUT2D eigenvalue weighted by molar-refractivity contribution is 0.102. The van der Waals surface area contributed by atoms with Crippen molar-refractivity contribution >= 4 is 46.5 Å². The molecule has 1 aromatic carbocycles. The summed E-state index contributed by atoms with van der Waals surface area (Å²) >= 11 is 13.2. The van der Waals surface area contributed by atoms with Gasteiger partial charge >= 0.3 is 6.01 Å². The molecule has 1 N–H and O–H groups in total. The van der Waals surface area contributed by atoms with Crippen LogP contribution >= 0.6 is 34.5 Å². The summed E-state index contributed by atoms with van der Waals surface area (Å²) in [6.45, 7) is 3.75. The summed E-state index contributed by atoms with van der Waals surface area (Å²) in [6.07, 6.45) is 0. The first-order chi connectivity index (χ1) is 10.9. The van der Waals surface area contributed by atoms with Gasteiger partial charge in [0.05, 0.1) is 10.7 Å². The van der Waals surface area contributed by atoms with Crippen molar-refractivity contribution in [1.82, 2.24) is 15.2 Å². The monoisotopic (exact) mass is 368 g/mol. The first-order valence-electron chi connectivity index (χ1n) is 6.48. The molecule has 0 unspecified atom stereocenters. The van der Waals surface area contributed by atoms with E-state index in [1.807, 2.05) is 13.8 Å². The zero-order valence-electron chi connectivity index (χ0n) is 12.1. The Morgan fingerprint density at radius 2 is 1.87 bits per heavy atom. The number of aromatic nitrogens is 3. The van der Waals surface area contributed by atoms with Crippen molar-refractivity contribution in [3.63, 3.8) is 0 Å². The second-order valence-corrected chi connectivity index (χ2v) is 6.75. The number of hydrogen-bond donors (Lipinski definition) is 1. The van der Waals surface area contributed by atoms with E-state index in [-0.39, 0.29) is 6.01 Å². The Morgan fingerprint density at radius 1 is 1.17 bits per heavy atom. The molecule has 0 fully saturated rings. The highest BCUT2D eigenvalue weighted by atomic mass is 35.5. The number of nitrogens with zero attached hydrogens (tertiary/aromatic N) is 3. The highest BCUT2D eigenvalue weighted by Crippen LogP contribution is 2.29. The maximum Gasteiger partial charge on any atom is 0.322 e. The van der Waals surface area contributed by atoms with Crippen molar-refractivity contribution in [3.8, 4) is 10.8 Å². The third kappa shape index (κ3) is 3.52. The fraction of sp³-hybridized carbons (Fsp3) is 0.143. The molecule has 0 bridgehead atoms. The topological polar surface area (TPSA) is 80.9 Å². The number of amides is 1. The number of rotatable bonds is 3. The number of hydrogen-bond acceptors (Lipinski definition) is 6. The molecule has 118 valence electrons. The minimum atomic E-state index is -0.443. The van der Waals surface area contributed by atoms with Crippen LogP contribution in [-0.4, -0.2) is 21.1 Å². The summed E-state index contributed by atoms with van der Waals surface area (Å²) in [5.74, 6) is -0.130. The third-order valence-electron chi connectivity index (χ3n) is 2.87. The SMILES string of the molecule is Cc1nc(C)c(-c2nnc(NC(=O)c3cc(Cl)cc(Cl)c3)o2)s1. The average Bonchev–Trinajstić information content (AvgIpc) is 3.04. The van der Waals surface area contributed by atoms with Crippen molar-refractivity contribution in [2.24, 2.45) is 0 Å². The molecule has 0 radical (unpaired) electrons. The third-order valence-corrected chi connectivity index (χ3v) is 4.37. The predicted molar refractivity (Wildman–Crippen MR) is 89.3 cm³/mol. The number of carbonyl (C=O) groups is 1. The lowest BCUT2D eigenvalue weighted by Crippen LogP contribution is -2.12. The highest BCUT2D eigenvalue weighted by molar-refractivity contribution is 7.15. The van der Waals surface area contributed by atoms with E-state index in [0.717, 1.165) is 15.6 Å². The highest BCUT2D eigenvalue weighted by Gasteiger charge is 2.17. The standard InChI is InChI=1S/C14H10Cl2N4O2S/c1-6-11(23-7(2)17-6)13-19-20-14(22-13)18-12(21)8-3-9(15)5-10(16)4-8/h3-5H,1-2H3,(H,18,20,21). The summed E-state index contributed by atoms with van der Waals surface area (Å²) in [5, 5.41) is 11.9. The van der Waals surface area contributed by atoms with Crippen LogP contribution in [0.25, 0.3) is 10.8 Å². The molecule has 0 aliphatic heterocycles. The van der Waals surface area contributed by atoms with Crippen molar-refractivity contribution in [2.45, 2.75) is 13.8 Å². The van der Waals surface area contributed by atoms with Gasteiger partial charge in [0, 0.05) is 15.6 Å². The van der Waals surface area contributed by atoms with Crippen LogP contribution in [0.15, 0.2) is 22.6 Å². The molecule has 1 amide bonds. The Balaban J connectivity index is 1.81. The van der Waals surface area contributed by atoms with Gasteiger partial charge in [-0.05, 0) is 32.0 Å². The molecule has 23 heavy (non-hydrogen) atoms. The van der Waals surface area contributed by atoms with Crippen LogP contribution in [0.3, 0.4) is 0 Å². The number of halogens is 2. The Hall–Kier alpha value is -1.96. The number of nitrogens with one attached hydrogen (secondary N) is 1. The first-order valence-corrected chi connectivity index (χ1v) is 8.05. The molecule has 0 saturated carbocycles. The molecular formula is C14H10Cl2N4O2S. The van der Waals surface area contributed by atoms with E-state index in [2.05, 4.69) is 20.5 Å². The van der Waals surface area contributed by atoms with Crippen LogP contribution < -0.4 is 5.32 Å². The molecule has 0 saturated heterocycles. The minimum absolute atomic E-state index is 0.00782. The number of aryl methyl sites for hydroxylation is 2. The summed E-state index contributed by atoms with van der Waals surface area (Å²) in [4.78, 5) is 17.2. The second-order valence-electron chi connectivity index (χ2n) is 4.67. The van der Waals surface area contributed by atoms with Gasteiger partial charge in [0.2, 0.25) is 0 Å². The van der Waals surface area contributed by atoms with E-state index in [0.29, 0.717) is 21.5 Å². The number of anilines is 1. The molecule has 3 aromatic rings. The van der Waals surface area contributed by atoms with Gasteiger partial charge in [0.25, 0.3) is 11.8 Å². The van der Waals surface area contributed by atoms with E-state index in [1.54, 1.807) is 6.07 Å². The number of thiazole rings is 1. The van der Waals surface area contributed by atoms with Crippen LogP contribution in [0.5, 0.6) is 0 Å². The van der Waals surface area contributed by atoms with Gasteiger partial charge < -0.3 is 4.42 Å². The second kappa shape index (κ2) is 6.27. The van der Waals surface area contributed by atoms with Gasteiger partial charge in [-0.2, -0.15) is 0 Å². The molecule has 0 aliphatic rings. The first kappa shape index (κ1) is 15.9. The maximum atomic E-state index is 12.2. The molecule has 0 atom stereocenters. The van der Waals surface area contributed by atoms with Crippen LogP contribution in [0.2, 0.25) is 10.0 Å². The maximum absolute atomic E-state index is 12.2. The average molecular weight is 369 g/mol. The molecule has 3 rings (SSSR count). The van der Waals surface area contributed by atoms with Crippen molar-refractivity contribution in [1.29, 1.82) is 0 Å². The Kier molecular flexibility index (Phi) is 4.34. The normalized spacial score (nSPS) is 10.8. The molecule has 0 aliphatic carbocycles. The predicted octanol–water partition coefficient (Wildman–Crippen LogP) is 4.37. The zero-order chi connectivity index (χ0) is 16.6. The summed E-state index contributed by atoms with van der Waals surface area (Å²) in [5.41, 5.74) is 1.10. The zero-order valence-corrected chi connectivity index (χ0v) is 14.4. The van der Waals surface area contributed by atoms with Crippen LogP contribution in [-0.2, 0) is 0 Å². The van der Waals surface area contributed by atoms with E-state index in [9.17, 15) is 4.79 Å². The lowest BCUT2D eigenvalue weighted by Gasteiger charge is -2.02. The summed E-state index contributed by atoms with van der Waals surface area (Å²) < 4.78 is 5.47. The van der Waals surface area contributed by atoms with E-state index >= 15 is 0 Å². The van der Waals surface area contributed by atoms with Crippen molar-refractivity contribution in [2.75, 3.05) is 5.32 Å². The Labute approximate surface area is 145 Å². The minimum Gasteiger partial charge on any atom is -0.402 e. The molecule has 0 spiro atoms. The Morgan fingerprint density at radius 3 is 2.48 bits per heavy atom. The number of carbonyl (C=O) groups excluding carboxylic acids is 1. The summed E-state index contributed by atoms with van der Waals surface area (Å²) in [6, 6.07) is 4.53. The van der Waals surface area contributed by atoms with Crippen LogP contribution in [0.1, 0.15) is 21.1 Å². The summed E-state index contributed by atoms with van der Waals surface area (Å²) in [7, 11) is 0. The van der Waals surface area contributed by atoms with Crippen LogP contribution in [0.4, 0.5) is 6.01 Å². The van der Waals surface area contributed by atoms with Gasteiger partial charge in [-0.3, -0.25) is 10.1 Å². The lowest BCUT2D eigenvalue weighted by atomic mass is 10.2. The van der Waals surface area contributed by atoms with Gasteiger partial charge in [-0.15, -0.1) is 16.4 Å². The van der Waals surface area contributed by atoms with Gasteiger partial charge in [-0.25, -0.2) is 4.98 Å². The Bertz CT molecular complexity index is 871. The van der Waals surface area contributed by atoms with Crippen LogP contribution in [0, 0.1) is 13.8 Å². The number of benzene rings is 1. The molecule has 2 heterocycles. The van der Waals surface area contributed by atoms with Crippen molar-refractivity contribution < 1.29 is 9.21 Å². The molecular weight excluding hydrogens is 359 g/mol. The van der Waals surface area contributed by atoms with Gasteiger partial charge in [0.15, 0.2) is 0 Å².